The van der Waals surface area contributed by atoms with Crippen LogP contribution in [0.5, 0.6) is 0 Å². The summed E-state index contributed by atoms with van der Waals surface area (Å²) < 4.78 is 14.8. The number of nitrogens with one attached hydrogen (secondary N) is 1. The second-order valence-corrected chi connectivity index (χ2v) is 7.12. The Hall–Kier alpha value is -3.52. The van der Waals surface area contributed by atoms with Crippen molar-refractivity contribution in [2.75, 3.05) is 5.32 Å². The number of halogens is 2. The molecule has 7 nitrogen and oxygen atoms in total. The van der Waals surface area contributed by atoms with Crippen molar-refractivity contribution in [3.63, 3.8) is 0 Å². The van der Waals surface area contributed by atoms with Gasteiger partial charge in [-0.2, -0.15) is 5.10 Å². The van der Waals surface area contributed by atoms with Gasteiger partial charge in [-0.25, -0.2) is 14.4 Å². The molecule has 2 amide bonds. The van der Waals surface area contributed by atoms with Crippen LogP contribution >= 0.6 is 11.6 Å². The van der Waals surface area contributed by atoms with E-state index in [2.05, 4.69) is 15.4 Å². The predicted octanol–water partition coefficient (Wildman–Crippen LogP) is 3.78. The van der Waals surface area contributed by atoms with E-state index >= 15 is 0 Å². The van der Waals surface area contributed by atoms with Crippen LogP contribution in [-0.2, 0) is 16.1 Å². The first-order valence-corrected chi connectivity index (χ1v) is 9.59. The molecule has 0 bridgehead atoms. The number of amides is 2. The lowest BCUT2D eigenvalue weighted by atomic mass is 10.1. The third kappa shape index (κ3) is 4.38. The number of carbonyl (C=O) groups excluding carboxylic acids is 2. The van der Waals surface area contributed by atoms with Crippen LogP contribution in [0.1, 0.15) is 18.4 Å². The molecule has 9 heteroatoms. The first-order valence-electron chi connectivity index (χ1n) is 9.21. The molecule has 0 saturated heterocycles. The van der Waals surface area contributed by atoms with Gasteiger partial charge in [0, 0.05) is 30.9 Å². The Morgan fingerprint density at radius 2 is 1.97 bits per heavy atom. The molecule has 0 aliphatic carbocycles. The van der Waals surface area contributed by atoms with Crippen molar-refractivity contribution in [3.8, 4) is 5.69 Å². The Balaban J connectivity index is 1.47. The molecule has 1 aliphatic rings. The molecule has 1 aromatic heterocycles. The second kappa shape index (κ2) is 8.46. The molecule has 2 aromatic carbocycles. The van der Waals surface area contributed by atoms with Gasteiger partial charge in [0.15, 0.2) is 0 Å². The van der Waals surface area contributed by atoms with Gasteiger partial charge in [-0.15, -0.1) is 0 Å². The molecular weight excluding hydrogens is 409 g/mol. The van der Waals surface area contributed by atoms with Crippen molar-refractivity contribution >= 4 is 34.8 Å². The molecule has 0 unspecified atom stereocenters. The number of carbonyl (C=O) groups is 2. The molecule has 30 heavy (non-hydrogen) atoms. The molecular formula is C21H17ClFN5O2. The standard InChI is InChI=1S/C21H17ClFN5O2/c22-17-11-16(5-7-19(17)27-10-9-24-13-27)25-21(30)18-6-8-20(29)28(26-18)12-14-1-3-15(23)4-2-14/h1-5,7,9-11,13H,6,8,12H2,(H,25,30). The second-order valence-electron chi connectivity index (χ2n) is 6.71. The highest BCUT2D eigenvalue weighted by Gasteiger charge is 2.24. The van der Waals surface area contributed by atoms with E-state index in [9.17, 15) is 14.0 Å². The van der Waals surface area contributed by atoms with Crippen LogP contribution in [0, 0.1) is 5.82 Å². The van der Waals surface area contributed by atoms with E-state index in [0.29, 0.717) is 10.7 Å². The Morgan fingerprint density at radius 3 is 2.67 bits per heavy atom. The Bertz CT molecular complexity index is 1110. The zero-order chi connectivity index (χ0) is 21.1. The Labute approximate surface area is 176 Å². The van der Waals surface area contributed by atoms with E-state index in [-0.39, 0.29) is 36.8 Å². The maximum atomic E-state index is 13.1. The largest absolute Gasteiger partial charge is 0.321 e. The Kier molecular flexibility index (Phi) is 5.58. The molecule has 1 aliphatic heterocycles. The summed E-state index contributed by atoms with van der Waals surface area (Å²) in [4.78, 5) is 28.8. The predicted molar refractivity (Wildman–Crippen MR) is 111 cm³/mol. The number of anilines is 1. The van der Waals surface area contributed by atoms with Crippen LogP contribution in [0.15, 0.2) is 66.3 Å². The maximum Gasteiger partial charge on any atom is 0.271 e. The van der Waals surface area contributed by atoms with Gasteiger partial charge in [-0.3, -0.25) is 9.59 Å². The molecule has 0 atom stereocenters. The van der Waals surface area contributed by atoms with E-state index in [1.54, 1.807) is 53.6 Å². The van der Waals surface area contributed by atoms with Crippen molar-refractivity contribution in [3.05, 3.63) is 77.6 Å². The van der Waals surface area contributed by atoms with Gasteiger partial charge in [0.25, 0.3) is 5.91 Å². The van der Waals surface area contributed by atoms with Gasteiger partial charge in [-0.1, -0.05) is 23.7 Å². The van der Waals surface area contributed by atoms with E-state index < -0.39 is 5.91 Å². The van der Waals surface area contributed by atoms with Gasteiger partial charge in [0.2, 0.25) is 5.91 Å². The minimum atomic E-state index is -0.405. The smallest absolute Gasteiger partial charge is 0.271 e. The number of imidazole rings is 1. The summed E-state index contributed by atoms with van der Waals surface area (Å²) >= 11 is 6.32. The number of rotatable bonds is 5. The maximum absolute atomic E-state index is 13.1. The van der Waals surface area contributed by atoms with E-state index in [1.807, 2.05) is 0 Å². The van der Waals surface area contributed by atoms with E-state index in [1.165, 1.54) is 17.1 Å². The topological polar surface area (TPSA) is 79.6 Å². The lowest BCUT2D eigenvalue weighted by Gasteiger charge is -2.23. The van der Waals surface area contributed by atoms with E-state index in [4.69, 9.17) is 11.6 Å². The number of nitrogens with zero attached hydrogens (tertiary/aromatic N) is 4. The lowest BCUT2D eigenvalue weighted by molar-refractivity contribution is -0.132. The first-order chi connectivity index (χ1) is 14.5. The molecule has 2 heterocycles. The van der Waals surface area contributed by atoms with Crippen molar-refractivity contribution in [1.29, 1.82) is 0 Å². The van der Waals surface area contributed by atoms with Gasteiger partial charge < -0.3 is 9.88 Å². The summed E-state index contributed by atoms with van der Waals surface area (Å²) in [6, 6.07) is 10.9. The summed E-state index contributed by atoms with van der Waals surface area (Å²) in [6.07, 6.45) is 5.46. The quantitative estimate of drug-likeness (QED) is 0.675. The van der Waals surface area contributed by atoms with Crippen molar-refractivity contribution in [2.24, 2.45) is 5.10 Å². The highest BCUT2D eigenvalue weighted by atomic mass is 35.5. The molecule has 0 saturated carbocycles. The number of benzene rings is 2. The third-order valence-corrected chi connectivity index (χ3v) is 4.90. The van der Waals surface area contributed by atoms with Crippen LogP contribution in [0.25, 0.3) is 5.69 Å². The van der Waals surface area contributed by atoms with Gasteiger partial charge >= 0.3 is 0 Å². The van der Waals surface area contributed by atoms with Crippen LogP contribution in [0.3, 0.4) is 0 Å². The van der Waals surface area contributed by atoms with Crippen LogP contribution in [-0.4, -0.2) is 32.1 Å². The highest BCUT2D eigenvalue weighted by Crippen LogP contribution is 2.24. The zero-order valence-corrected chi connectivity index (χ0v) is 16.5. The van der Waals surface area contributed by atoms with Gasteiger partial charge in [0.05, 0.1) is 23.6 Å². The average Bonchev–Trinajstić information content (AvgIpc) is 3.26. The highest BCUT2D eigenvalue weighted by molar-refractivity contribution is 6.43. The monoisotopic (exact) mass is 425 g/mol. The van der Waals surface area contributed by atoms with Gasteiger partial charge in [0.1, 0.15) is 11.5 Å². The summed E-state index contributed by atoms with van der Waals surface area (Å²) in [6.45, 7) is 0.168. The van der Waals surface area contributed by atoms with Crippen molar-refractivity contribution < 1.29 is 14.0 Å². The number of hydrogen-bond donors (Lipinski definition) is 1. The summed E-state index contributed by atoms with van der Waals surface area (Å²) in [5.41, 5.74) is 2.21. The SMILES string of the molecule is O=C(Nc1ccc(-n2ccnc2)c(Cl)c1)C1=NN(Cc2ccc(F)cc2)C(=O)CC1. The molecule has 4 rings (SSSR count). The van der Waals surface area contributed by atoms with Crippen molar-refractivity contribution in [2.45, 2.75) is 19.4 Å². The van der Waals surface area contributed by atoms with E-state index in [0.717, 1.165) is 11.3 Å². The van der Waals surface area contributed by atoms with Crippen LogP contribution < -0.4 is 5.32 Å². The minimum absolute atomic E-state index is 0.168. The minimum Gasteiger partial charge on any atom is -0.321 e. The zero-order valence-electron chi connectivity index (χ0n) is 15.8. The molecule has 1 N–H and O–H groups in total. The average molecular weight is 426 g/mol. The number of aromatic nitrogens is 2. The summed E-state index contributed by atoms with van der Waals surface area (Å²) in [7, 11) is 0. The molecule has 0 radical (unpaired) electrons. The normalized spacial score (nSPS) is 13.9. The molecule has 3 aromatic rings. The van der Waals surface area contributed by atoms with Crippen LogP contribution in [0.2, 0.25) is 5.02 Å². The molecule has 152 valence electrons. The number of hydrogen-bond acceptors (Lipinski definition) is 4. The first kappa shape index (κ1) is 19.8. The van der Waals surface area contributed by atoms with Gasteiger partial charge in [-0.05, 0) is 35.9 Å². The fourth-order valence-electron chi connectivity index (χ4n) is 3.05. The summed E-state index contributed by atoms with van der Waals surface area (Å²) in [5.74, 6) is -0.952. The lowest BCUT2D eigenvalue weighted by Crippen LogP contribution is -2.36. The van der Waals surface area contributed by atoms with Crippen LogP contribution in [0.4, 0.5) is 10.1 Å². The fraction of sp³-hybridized carbons (Fsp3) is 0.143. The number of hydrazone groups is 1. The third-order valence-electron chi connectivity index (χ3n) is 4.60. The fourth-order valence-corrected chi connectivity index (χ4v) is 3.33. The molecule has 0 spiro atoms. The molecule has 0 fully saturated rings. The Morgan fingerprint density at radius 1 is 1.17 bits per heavy atom. The van der Waals surface area contributed by atoms with Crippen molar-refractivity contribution in [1.82, 2.24) is 14.6 Å². The summed E-state index contributed by atoms with van der Waals surface area (Å²) in [5, 5.41) is 8.66.